The van der Waals surface area contributed by atoms with Crippen LogP contribution in [0.4, 0.5) is 0 Å². The van der Waals surface area contributed by atoms with E-state index in [1.165, 1.54) is 12.4 Å². The van der Waals surface area contributed by atoms with Crippen molar-refractivity contribution in [1.82, 2.24) is 10.8 Å². The van der Waals surface area contributed by atoms with E-state index in [9.17, 15) is 14.7 Å². The Bertz CT molecular complexity index is 864. The average molecular weight is 382 g/mol. The third kappa shape index (κ3) is 6.52. The van der Waals surface area contributed by atoms with Crippen LogP contribution >= 0.6 is 0 Å². The van der Waals surface area contributed by atoms with Crippen molar-refractivity contribution < 1.29 is 25.0 Å². The van der Waals surface area contributed by atoms with Crippen molar-refractivity contribution in [3.05, 3.63) is 70.8 Å². The van der Waals surface area contributed by atoms with Crippen molar-refractivity contribution in [2.75, 3.05) is 0 Å². The zero-order valence-corrected chi connectivity index (χ0v) is 15.3. The second kappa shape index (κ2) is 10.2. The van der Waals surface area contributed by atoms with Crippen molar-refractivity contribution in [1.29, 1.82) is 0 Å². The molecule has 2 rings (SSSR count). The predicted octanol–water partition coefficient (Wildman–Crippen LogP) is 1.06. The van der Waals surface area contributed by atoms with Crippen LogP contribution < -0.4 is 10.8 Å². The first kappa shape index (κ1) is 21.1. The third-order valence-corrected chi connectivity index (χ3v) is 4.02. The summed E-state index contributed by atoms with van der Waals surface area (Å²) < 4.78 is 0. The molecule has 0 aliphatic heterocycles. The van der Waals surface area contributed by atoms with E-state index in [1.54, 1.807) is 24.3 Å². The Morgan fingerprint density at radius 1 is 0.964 bits per heavy atom. The largest absolute Gasteiger partial charge is 0.481 e. The zero-order valence-electron chi connectivity index (χ0n) is 15.3. The van der Waals surface area contributed by atoms with Gasteiger partial charge in [0.1, 0.15) is 6.04 Å². The zero-order chi connectivity index (χ0) is 20.5. The van der Waals surface area contributed by atoms with Gasteiger partial charge in [-0.1, -0.05) is 36.1 Å². The topological polar surface area (TPSA) is 119 Å². The van der Waals surface area contributed by atoms with Gasteiger partial charge in [0.05, 0.1) is 12.5 Å². The molecule has 0 heterocycles. The monoisotopic (exact) mass is 382 g/mol. The fourth-order valence-electron chi connectivity index (χ4n) is 2.51. The highest BCUT2D eigenvalue weighted by atomic mass is 16.5. The maximum Gasteiger partial charge on any atom is 0.307 e. The van der Waals surface area contributed by atoms with Crippen molar-refractivity contribution in [3.63, 3.8) is 0 Å². The predicted molar refractivity (Wildman–Crippen MR) is 102 cm³/mol. The number of amides is 1. The molecule has 7 heteroatoms. The third-order valence-electron chi connectivity index (χ3n) is 4.02. The molecule has 0 unspecified atom stereocenters. The van der Waals surface area contributed by atoms with Gasteiger partial charge in [-0.05, 0) is 42.3 Å². The number of carboxylic acids is 1. The molecule has 146 valence electrons. The Labute approximate surface area is 163 Å². The maximum atomic E-state index is 11.5. The standard InChI is InChI=1S/C21H22N2O5/c1-14(24)20(21(27)23-28)22-13-18-10-6-16(7-11-18)3-2-15-4-8-17(9-5-15)12-19(25)26/h4-11,14,20,22,24,28H,12-13H2,1H3,(H,23,27)(H,25,26)/t14-,20+/m1/s1. The molecule has 0 fully saturated rings. The van der Waals surface area contributed by atoms with Gasteiger partial charge in [-0.25, -0.2) is 5.48 Å². The number of carbonyl (C=O) groups excluding carboxylic acids is 1. The first-order valence-corrected chi connectivity index (χ1v) is 8.66. The molecule has 0 aliphatic rings. The second-order valence-electron chi connectivity index (χ2n) is 6.29. The number of nitrogens with one attached hydrogen (secondary N) is 2. The average Bonchev–Trinajstić information content (AvgIpc) is 2.67. The lowest BCUT2D eigenvalue weighted by molar-refractivity contribution is -0.136. The van der Waals surface area contributed by atoms with Crippen molar-refractivity contribution in [2.24, 2.45) is 0 Å². The number of aliphatic carboxylic acids is 1. The summed E-state index contributed by atoms with van der Waals surface area (Å²) in [7, 11) is 0. The minimum atomic E-state index is -0.959. The molecule has 2 aromatic rings. The molecule has 7 nitrogen and oxygen atoms in total. The first-order chi connectivity index (χ1) is 13.4. The molecule has 28 heavy (non-hydrogen) atoms. The Morgan fingerprint density at radius 2 is 1.46 bits per heavy atom. The van der Waals surface area contributed by atoms with Crippen LogP contribution in [0.2, 0.25) is 0 Å². The molecule has 0 bridgehead atoms. The summed E-state index contributed by atoms with van der Waals surface area (Å²) in [5, 5.41) is 29.9. The summed E-state index contributed by atoms with van der Waals surface area (Å²) in [6.45, 7) is 1.79. The number of benzene rings is 2. The van der Waals surface area contributed by atoms with Crippen LogP contribution in [0.25, 0.3) is 0 Å². The summed E-state index contributed by atoms with van der Waals surface area (Å²) in [4.78, 5) is 22.2. The summed E-state index contributed by atoms with van der Waals surface area (Å²) in [5.74, 6) is 4.48. The summed E-state index contributed by atoms with van der Waals surface area (Å²) >= 11 is 0. The quantitative estimate of drug-likeness (QED) is 0.278. The number of hydrogen-bond donors (Lipinski definition) is 5. The molecular formula is C21H22N2O5. The van der Waals surface area contributed by atoms with Crippen LogP contribution in [0, 0.1) is 11.8 Å². The summed E-state index contributed by atoms with van der Waals surface area (Å²) in [6, 6.07) is 13.5. The van der Waals surface area contributed by atoms with Crippen LogP contribution in [0.1, 0.15) is 29.2 Å². The van der Waals surface area contributed by atoms with E-state index < -0.39 is 24.0 Å². The molecule has 0 radical (unpaired) electrons. The maximum absolute atomic E-state index is 11.5. The fraction of sp³-hybridized carbons (Fsp3) is 0.238. The van der Waals surface area contributed by atoms with E-state index in [4.69, 9.17) is 10.3 Å². The van der Waals surface area contributed by atoms with E-state index in [2.05, 4.69) is 17.2 Å². The highest BCUT2D eigenvalue weighted by Crippen LogP contribution is 2.07. The number of aliphatic hydroxyl groups excluding tert-OH is 1. The Kier molecular flexibility index (Phi) is 7.72. The van der Waals surface area contributed by atoms with Crippen molar-refractivity contribution in [2.45, 2.75) is 32.0 Å². The van der Waals surface area contributed by atoms with Gasteiger partial charge in [0.15, 0.2) is 0 Å². The van der Waals surface area contributed by atoms with E-state index in [0.717, 1.165) is 22.3 Å². The molecule has 0 saturated carbocycles. The number of hydroxylamine groups is 1. The molecule has 0 saturated heterocycles. The van der Waals surface area contributed by atoms with E-state index >= 15 is 0 Å². The molecular weight excluding hydrogens is 360 g/mol. The fourth-order valence-corrected chi connectivity index (χ4v) is 2.51. The minimum absolute atomic E-state index is 0.0148. The molecule has 0 aromatic heterocycles. The molecule has 2 aromatic carbocycles. The van der Waals surface area contributed by atoms with Gasteiger partial charge in [-0.3, -0.25) is 20.1 Å². The van der Waals surface area contributed by atoms with Gasteiger partial charge in [-0.15, -0.1) is 0 Å². The smallest absolute Gasteiger partial charge is 0.307 e. The van der Waals surface area contributed by atoms with Gasteiger partial charge in [0, 0.05) is 17.7 Å². The van der Waals surface area contributed by atoms with Gasteiger partial charge in [-0.2, -0.15) is 0 Å². The Morgan fingerprint density at radius 3 is 1.89 bits per heavy atom. The van der Waals surface area contributed by atoms with Crippen LogP contribution in [-0.4, -0.2) is 39.4 Å². The molecule has 0 spiro atoms. The second-order valence-corrected chi connectivity index (χ2v) is 6.29. The molecule has 2 atom stereocenters. The van der Waals surface area contributed by atoms with Gasteiger partial charge < -0.3 is 10.2 Å². The first-order valence-electron chi connectivity index (χ1n) is 8.66. The number of hydrogen-bond acceptors (Lipinski definition) is 5. The van der Waals surface area contributed by atoms with Crippen LogP contribution in [0.15, 0.2) is 48.5 Å². The number of rotatable bonds is 7. The van der Waals surface area contributed by atoms with Gasteiger partial charge in [0.2, 0.25) is 0 Å². The van der Waals surface area contributed by atoms with Crippen molar-refractivity contribution >= 4 is 11.9 Å². The van der Waals surface area contributed by atoms with Crippen LogP contribution in [-0.2, 0) is 22.6 Å². The summed E-state index contributed by atoms with van der Waals surface area (Å²) in [6.07, 6.45) is -0.974. The van der Waals surface area contributed by atoms with Gasteiger partial charge >= 0.3 is 5.97 Å². The number of aliphatic hydroxyl groups is 1. The van der Waals surface area contributed by atoms with Gasteiger partial charge in [0.25, 0.3) is 5.91 Å². The SMILES string of the molecule is C[C@@H](O)[C@H](NCc1ccc(C#Cc2ccc(CC(=O)O)cc2)cc1)C(=O)NO. The number of carbonyl (C=O) groups is 2. The van der Waals surface area contributed by atoms with Crippen molar-refractivity contribution in [3.8, 4) is 11.8 Å². The summed E-state index contributed by atoms with van der Waals surface area (Å²) in [5.41, 5.74) is 4.73. The molecule has 0 aliphatic carbocycles. The Balaban J connectivity index is 1.97. The minimum Gasteiger partial charge on any atom is -0.481 e. The van der Waals surface area contributed by atoms with E-state index in [1.807, 2.05) is 24.3 Å². The Hall–Kier alpha value is -3.18. The molecule has 5 N–H and O–H groups in total. The highest BCUT2D eigenvalue weighted by molar-refractivity contribution is 5.81. The lowest BCUT2D eigenvalue weighted by Crippen LogP contribution is -2.49. The molecule has 1 amide bonds. The van der Waals surface area contributed by atoms with E-state index in [0.29, 0.717) is 6.54 Å². The lowest BCUT2D eigenvalue weighted by Gasteiger charge is -2.19. The van der Waals surface area contributed by atoms with E-state index in [-0.39, 0.29) is 6.42 Å². The normalized spacial score (nSPS) is 12.4. The van der Waals surface area contributed by atoms with Crippen LogP contribution in [0.3, 0.4) is 0 Å². The number of carboxylic acid groups (broad SMARTS) is 1. The highest BCUT2D eigenvalue weighted by Gasteiger charge is 2.22. The van der Waals surface area contributed by atoms with Crippen LogP contribution in [0.5, 0.6) is 0 Å². The lowest BCUT2D eigenvalue weighted by atomic mass is 10.1.